The van der Waals surface area contributed by atoms with Gasteiger partial charge in [0.15, 0.2) is 11.5 Å². The number of hydrogen-bond acceptors (Lipinski definition) is 6. The lowest BCUT2D eigenvalue weighted by Crippen LogP contribution is -2.40. The van der Waals surface area contributed by atoms with Gasteiger partial charge < -0.3 is 14.8 Å². The summed E-state index contributed by atoms with van der Waals surface area (Å²) in [5.74, 6) is -0.437. The zero-order valence-corrected chi connectivity index (χ0v) is 16.7. The van der Waals surface area contributed by atoms with E-state index in [1.807, 2.05) is 6.92 Å². The highest BCUT2D eigenvalue weighted by Crippen LogP contribution is 2.32. The van der Waals surface area contributed by atoms with Gasteiger partial charge in [-0.05, 0) is 37.1 Å². The predicted molar refractivity (Wildman–Crippen MR) is 106 cm³/mol. The molecule has 1 aliphatic rings. The average molecular weight is 421 g/mol. The predicted octanol–water partition coefficient (Wildman–Crippen LogP) is 2.61. The Labute approximate surface area is 170 Å². The second kappa shape index (κ2) is 8.52. The maximum atomic E-state index is 12.9. The van der Waals surface area contributed by atoms with E-state index in [0.29, 0.717) is 18.5 Å². The zero-order valence-electron chi connectivity index (χ0n) is 16.7. The third-order valence-electron chi connectivity index (χ3n) is 4.51. The Balaban J connectivity index is 2.05. The third kappa shape index (κ3) is 3.85. The summed E-state index contributed by atoms with van der Waals surface area (Å²) < 4.78 is 37.2. The van der Waals surface area contributed by atoms with Crippen molar-refractivity contribution < 1.29 is 23.0 Å². The molecule has 30 heavy (non-hydrogen) atoms. The second-order valence-electron chi connectivity index (χ2n) is 6.55. The van der Waals surface area contributed by atoms with E-state index in [0.717, 1.165) is 4.57 Å². The Bertz CT molecular complexity index is 1130. The van der Waals surface area contributed by atoms with Crippen molar-refractivity contribution in [1.29, 1.82) is 0 Å². The summed E-state index contributed by atoms with van der Waals surface area (Å²) in [6, 6.07) is 4.23. The molecule has 0 unspecified atom stereocenters. The first kappa shape index (κ1) is 21.3. The van der Waals surface area contributed by atoms with Crippen molar-refractivity contribution in [2.45, 2.75) is 33.4 Å². The molecule has 0 amide bonds. The van der Waals surface area contributed by atoms with E-state index in [1.165, 1.54) is 35.9 Å². The molecule has 160 valence electrons. The van der Waals surface area contributed by atoms with Crippen molar-refractivity contribution in [3.63, 3.8) is 0 Å². The van der Waals surface area contributed by atoms with Crippen LogP contribution in [0.4, 0.5) is 14.6 Å². The molecule has 3 rings (SSSR count). The van der Waals surface area contributed by atoms with Gasteiger partial charge in [-0.3, -0.25) is 18.7 Å². The van der Waals surface area contributed by atoms with E-state index in [-0.39, 0.29) is 35.2 Å². The van der Waals surface area contributed by atoms with E-state index in [9.17, 15) is 23.2 Å². The number of carbonyl (C=O) groups excluding carboxylic acids is 1. The fourth-order valence-corrected chi connectivity index (χ4v) is 3.20. The minimum Gasteiger partial charge on any atom is -0.490 e. The van der Waals surface area contributed by atoms with Gasteiger partial charge >= 0.3 is 12.3 Å². The number of carbonyl (C=O) groups is 1. The van der Waals surface area contributed by atoms with Crippen LogP contribution in [0, 0.1) is 0 Å². The molecule has 0 bridgehead atoms. The molecule has 2 aromatic rings. The number of nitrogens with one attached hydrogen (secondary N) is 1. The smallest absolute Gasteiger partial charge is 0.387 e. The van der Waals surface area contributed by atoms with Crippen molar-refractivity contribution in [1.82, 2.24) is 9.13 Å². The first-order chi connectivity index (χ1) is 14.3. The van der Waals surface area contributed by atoms with Crippen LogP contribution < -0.4 is 26.0 Å². The Hall–Kier alpha value is -3.43. The van der Waals surface area contributed by atoms with Crippen LogP contribution >= 0.6 is 0 Å². The Morgan fingerprint density at radius 3 is 2.53 bits per heavy atom. The number of anilines is 1. The molecule has 0 aliphatic carbocycles. The number of allylic oxidation sites excluding steroid dienone is 1. The molecule has 1 aromatic carbocycles. The molecule has 0 saturated heterocycles. The van der Waals surface area contributed by atoms with Crippen molar-refractivity contribution in [2.75, 3.05) is 11.9 Å². The molecule has 0 atom stereocenters. The highest BCUT2D eigenvalue weighted by molar-refractivity contribution is 6.19. The maximum absolute atomic E-state index is 12.9. The fraction of sp³-hybridized carbons (Fsp3) is 0.350. The van der Waals surface area contributed by atoms with Gasteiger partial charge in [0.1, 0.15) is 11.4 Å². The highest BCUT2D eigenvalue weighted by Gasteiger charge is 2.32. The number of nitrogens with zero attached hydrogens (tertiary/aromatic N) is 2. The molecule has 1 aliphatic heterocycles. The summed E-state index contributed by atoms with van der Waals surface area (Å²) in [6.45, 7) is 1.11. The number of hydrogen-bond donors (Lipinski definition) is 1. The normalized spacial score (nSPS) is 14.2. The van der Waals surface area contributed by atoms with Gasteiger partial charge in [0.05, 0.1) is 12.3 Å². The number of halogens is 2. The van der Waals surface area contributed by atoms with Crippen molar-refractivity contribution in [2.24, 2.45) is 7.05 Å². The molecule has 8 nitrogen and oxygen atoms in total. The third-order valence-corrected chi connectivity index (χ3v) is 4.51. The van der Waals surface area contributed by atoms with Gasteiger partial charge in [-0.2, -0.15) is 8.78 Å². The lowest BCUT2D eigenvalue weighted by atomic mass is 10.1. The topological polar surface area (TPSA) is 91.6 Å². The summed E-state index contributed by atoms with van der Waals surface area (Å²) in [4.78, 5) is 37.8. The van der Waals surface area contributed by atoms with E-state index in [1.54, 1.807) is 6.92 Å². The van der Waals surface area contributed by atoms with Crippen LogP contribution in [0.3, 0.4) is 0 Å². The molecule has 0 spiro atoms. The lowest BCUT2D eigenvalue weighted by Gasteiger charge is -2.12. The molecule has 1 N–H and O–H groups in total. The molecule has 0 saturated carbocycles. The summed E-state index contributed by atoms with van der Waals surface area (Å²) in [5, 5.41) is 2.86. The first-order valence-electron chi connectivity index (χ1n) is 9.37. The van der Waals surface area contributed by atoms with Crippen molar-refractivity contribution in [3.05, 3.63) is 55.9 Å². The minimum atomic E-state index is -3.01. The maximum Gasteiger partial charge on any atom is 0.387 e. The van der Waals surface area contributed by atoms with Crippen LogP contribution in [0.1, 0.15) is 36.2 Å². The molecular weight excluding hydrogens is 400 g/mol. The SMILES string of the molecule is CCCn1c2c(c(=O)n(C)c1=O)C(=O)C(=Cc1ccc(OC(F)F)c(OCC)c1)N2. The van der Waals surface area contributed by atoms with Crippen molar-refractivity contribution >= 4 is 17.7 Å². The molecule has 0 fully saturated rings. The summed E-state index contributed by atoms with van der Waals surface area (Å²) in [5.41, 5.74) is -0.764. The van der Waals surface area contributed by atoms with Crippen LogP contribution in [0.2, 0.25) is 0 Å². The van der Waals surface area contributed by atoms with Crippen LogP contribution in [0.25, 0.3) is 6.08 Å². The quantitative estimate of drug-likeness (QED) is 0.691. The van der Waals surface area contributed by atoms with E-state index < -0.39 is 23.6 Å². The summed E-state index contributed by atoms with van der Waals surface area (Å²) in [7, 11) is 1.32. The molecule has 2 heterocycles. The molecule has 1 aromatic heterocycles. The van der Waals surface area contributed by atoms with Crippen LogP contribution in [0.5, 0.6) is 11.5 Å². The number of benzene rings is 1. The van der Waals surface area contributed by atoms with Crippen LogP contribution in [-0.4, -0.2) is 28.1 Å². The largest absolute Gasteiger partial charge is 0.490 e. The average Bonchev–Trinajstić information content (AvgIpc) is 3.01. The van der Waals surface area contributed by atoms with Crippen LogP contribution in [-0.2, 0) is 13.6 Å². The Morgan fingerprint density at radius 2 is 1.90 bits per heavy atom. The Morgan fingerprint density at radius 1 is 1.17 bits per heavy atom. The number of rotatable bonds is 7. The zero-order chi connectivity index (χ0) is 22.0. The van der Waals surface area contributed by atoms with Gasteiger partial charge in [0, 0.05) is 13.6 Å². The van der Waals surface area contributed by atoms with Crippen molar-refractivity contribution in [3.8, 4) is 11.5 Å². The van der Waals surface area contributed by atoms with Gasteiger partial charge in [-0.15, -0.1) is 0 Å². The summed E-state index contributed by atoms with van der Waals surface area (Å²) in [6.07, 6.45) is 2.08. The Kier molecular flexibility index (Phi) is 6.04. The number of Topliss-reactive ketones (excluding diaryl/α,β-unsaturated/α-hetero) is 1. The van der Waals surface area contributed by atoms with Crippen LogP contribution in [0.15, 0.2) is 33.5 Å². The number of fused-ring (bicyclic) bond motifs is 1. The lowest BCUT2D eigenvalue weighted by molar-refractivity contribution is -0.0514. The van der Waals surface area contributed by atoms with E-state index in [4.69, 9.17) is 4.74 Å². The van der Waals surface area contributed by atoms with Gasteiger partial charge in [-0.25, -0.2) is 4.79 Å². The number of alkyl halides is 2. The van der Waals surface area contributed by atoms with E-state index >= 15 is 0 Å². The number of ketones is 1. The molecule has 10 heteroatoms. The second-order valence-corrected chi connectivity index (χ2v) is 6.55. The van der Waals surface area contributed by atoms with E-state index in [2.05, 4.69) is 10.1 Å². The molecular formula is C20H21F2N3O5. The van der Waals surface area contributed by atoms with Gasteiger partial charge in [0.25, 0.3) is 5.56 Å². The number of aromatic nitrogens is 2. The standard InChI is InChI=1S/C20H21F2N3O5/c1-4-8-25-17-15(18(27)24(3)20(25)28)16(26)12(23-17)9-11-6-7-13(30-19(21)22)14(10-11)29-5-2/h6-7,9-10,19,23H,4-5,8H2,1-3H3. The monoisotopic (exact) mass is 421 g/mol. The first-order valence-corrected chi connectivity index (χ1v) is 9.37. The van der Waals surface area contributed by atoms with Gasteiger partial charge in [-0.1, -0.05) is 13.0 Å². The number of ether oxygens (including phenoxy) is 2. The summed E-state index contributed by atoms with van der Waals surface area (Å²) >= 11 is 0. The highest BCUT2D eigenvalue weighted by atomic mass is 19.3. The van der Waals surface area contributed by atoms with Gasteiger partial charge in [0.2, 0.25) is 5.78 Å². The molecule has 0 radical (unpaired) electrons. The fourth-order valence-electron chi connectivity index (χ4n) is 3.20. The minimum absolute atomic E-state index is 0.0857.